The molecule has 0 spiro atoms. The molecule has 0 saturated heterocycles. The van der Waals surface area contributed by atoms with E-state index >= 15 is 0 Å². The van der Waals surface area contributed by atoms with Crippen LogP contribution >= 0.6 is 12.2 Å². The van der Waals surface area contributed by atoms with Crippen LogP contribution in [0.15, 0.2) is 18.7 Å². The molecule has 0 bridgehead atoms. The Balaban J connectivity index is 0.00000144. The standard InChI is InChI=1S/C7H11N3S2.K/c11-7(12)9-2-1-4-10-5-3-8-6-10;/h3,5-6H,1-2,4H2,(H2,9,11,12);/q;+1/p-1. The maximum atomic E-state index is 4.69. The molecule has 0 fully saturated rings. The van der Waals surface area contributed by atoms with E-state index in [4.69, 9.17) is 24.8 Å². The fourth-order valence-electron chi connectivity index (χ4n) is 0.871. The van der Waals surface area contributed by atoms with E-state index in [1.165, 1.54) is 0 Å². The zero-order chi connectivity index (χ0) is 8.81. The van der Waals surface area contributed by atoms with Gasteiger partial charge >= 0.3 is 51.4 Å². The van der Waals surface area contributed by atoms with Gasteiger partial charge in [-0.05, 0) is 6.42 Å². The van der Waals surface area contributed by atoms with Gasteiger partial charge in [-0.3, -0.25) is 0 Å². The maximum absolute atomic E-state index is 4.69. The molecule has 0 radical (unpaired) electrons. The first kappa shape index (κ1) is 14.0. The summed E-state index contributed by atoms with van der Waals surface area (Å²) >= 11 is 9.39. The van der Waals surface area contributed by atoms with Crippen molar-refractivity contribution in [2.24, 2.45) is 0 Å². The van der Waals surface area contributed by atoms with Gasteiger partial charge in [0, 0.05) is 25.5 Å². The van der Waals surface area contributed by atoms with Gasteiger partial charge in [0.05, 0.1) is 6.33 Å². The van der Waals surface area contributed by atoms with Crippen LogP contribution < -0.4 is 56.7 Å². The predicted octanol–water partition coefficient (Wildman–Crippen LogP) is -2.30. The predicted molar refractivity (Wildman–Crippen MR) is 54.8 cm³/mol. The average Bonchev–Trinajstić information content (AvgIpc) is 2.49. The Morgan fingerprint density at radius 2 is 2.38 bits per heavy atom. The Labute approximate surface area is 132 Å². The fourth-order valence-corrected chi connectivity index (χ4v) is 1.08. The molecular weight excluding hydrogens is 229 g/mol. The summed E-state index contributed by atoms with van der Waals surface area (Å²) < 4.78 is 2.47. The number of imidazole rings is 1. The quantitative estimate of drug-likeness (QED) is 0.277. The molecule has 0 aliphatic heterocycles. The summed E-state index contributed by atoms with van der Waals surface area (Å²) in [5.41, 5.74) is 0. The number of nitrogens with one attached hydrogen (secondary N) is 1. The van der Waals surface area contributed by atoms with Gasteiger partial charge in [0.2, 0.25) is 0 Å². The normalized spacial score (nSPS) is 8.92. The number of aromatic nitrogens is 2. The van der Waals surface area contributed by atoms with E-state index in [1.54, 1.807) is 12.5 Å². The van der Waals surface area contributed by atoms with Crippen LogP contribution in [0.2, 0.25) is 0 Å². The van der Waals surface area contributed by atoms with Crippen molar-refractivity contribution in [1.82, 2.24) is 14.9 Å². The number of aryl methyl sites for hydroxylation is 1. The number of nitrogens with zero attached hydrogens (tertiary/aromatic N) is 2. The van der Waals surface area contributed by atoms with Crippen molar-refractivity contribution < 1.29 is 51.4 Å². The molecule has 0 aromatic carbocycles. The average molecular weight is 239 g/mol. The largest absolute Gasteiger partial charge is 1.00 e. The van der Waals surface area contributed by atoms with Gasteiger partial charge in [-0.15, -0.1) is 0 Å². The maximum Gasteiger partial charge on any atom is 1.00 e. The van der Waals surface area contributed by atoms with E-state index in [2.05, 4.69) is 10.3 Å². The van der Waals surface area contributed by atoms with E-state index < -0.39 is 0 Å². The van der Waals surface area contributed by atoms with E-state index in [0.29, 0.717) is 4.32 Å². The Morgan fingerprint density at radius 3 is 2.92 bits per heavy atom. The summed E-state index contributed by atoms with van der Waals surface area (Å²) in [5.74, 6) is 0. The Morgan fingerprint density at radius 1 is 1.62 bits per heavy atom. The smallest absolute Gasteiger partial charge is 0.412 e. The molecule has 1 N–H and O–H groups in total. The van der Waals surface area contributed by atoms with Crippen molar-refractivity contribution in [3.63, 3.8) is 0 Å². The van der Waals surface area contributed by atoms with Gasteiger partial charge in [0.15, 0.2) is 0 Å². The van der Waals surface area contributed by atoms with Crippen LogP contribution in [0, 0.1) is 0 Å². The Hall–Kier alpha value is 0.956. The number of hydrogen-bond acceptors (Lipinski definition) is 3. The molecular formula is C7H10KN3S2. The molecule has 0 aliphatic carbocycles. The molecule has 13 heavy (non-hydrogen) atoms. The minimum Gasteiger partial charge on any atom is -0.412 e. The summed E-state index contributed by atoms with van der Waals surface area (Å²) in [6.45, 7) is 1.78. The van der Waals surface area contributed by atoms with Gasteiger partial charge in [-0.2, -0.15) is 0 Å². The van der Waals surface area contributed by atoms with Crippen LogP contribution in [0.1, 0.15) is 6.42 Å². The van der Waals surface area contributed by atoms with Crippen LogP contribution in [0.5, 0.6) is 0 Å². The fraction of sp³-hybridized carbons (Fsp3) is 0.429. The van der Waals surface area contributed by atoms with Gasteiger partial charge in [0.1, 0.15) is 0 Å². The molecule has 66 valence electrons. The first-order valence-corrected chi connectivity index (χ1v) is 4.51. The molecule has 6 heteroatoms. The topological polar surface area (TPSA) is 29.9 Å². The summed E-state index contributed by atoms with van der Waals surface area (Å²) in [4.78, 5) is 3.93. The third-order valence-electron chi connectivity index (χ3n) is 1.42. The van der Waals surface area contributed by atoms with E-state index in [1.807, 2.05) is 10.8 Å². The summed E-state index contributed by atoms with van der Waals surface area (Å²) in [6.07, 6.45) is 6.51. The summed E-state index contributed by atoms with van der Waals surface area (Å²) in [6, 6.07) is 0. The van der Waals surface area contributed by atoms with Gasteiger partial charge in [0.25, 0.3) is 0 Å². The van der Waals surface area contributed by atoms with Crippen LogP contribution in [-0.2, 0) is 19.2 Å². The van der Waals surface area contributed by atoms with Crippen molar-refractivity contribution in [1.29, 1.82) is 0 Å². The number of rotatable bonds is 4. The van der Waals surface area contributed by atoms with Gasteiger partial charge < -0.3 is 34.7 Å². The van der Waals surface area contributed by atoms with E-state index in [9.17, 15) is 0 Å². The van der Waals surface area contributed by atoms with Crippen molar-refractivity contribution >= 4 is 29.2 Å². The molecule has 0 atom stereocenters. The first-order valence-electron chi connectivity index (χ1n) is 3.69. The minimum atomic E-state index is 0. The zero-order valence-corrected chi connectivity index (χ0v) is 12.3. The monoisotopic (exact) mass is 239 g/mol. The molecule has 0 unspecified atom stereocenters. The molecule has 1 heterocycles. The Bertz CT molecular complexity index is 238. The van der Waals surface area contributed by atoms with Crippen molar-refractivity contribution in [3.8, 4) is 0 Å². The molecule has 3 nitrogen and oxygen atoms in total. The zero-order valence-electron chi connectivity index (χ0n) is 7.56. The van der Waals surface area contributed by atoms with Gasteiger partial charge in [-0.25, -0.2) is 4.98 Å². The van der Waals surface area contributed by atoms with Crippen molar-refractivity contribution in [2.75, 3.05) is 6.54 Å². The number of hydrogen-bond donors (Lipinski definition) is 1. The third kappa shape index (κ3) is 6.95. The molecule has 1 aromatic rings. The molecule has 0 saturated carbocycles. The van der Waals surface area contributed by atoms with Crippen molar-refractivity contribution in [2.45, 2.75) is 13.0 Å². The minimum absolute atomic E-state index is 0. The molecule has 1 aromatic heterocycles. The third-order valence-corrected chi connectivity index (χ3v) is 1.71. The first-order chi connectivity index (χ1) is 5.79. The summed E-state index contributed by atoms with van der Waals surface area (Å²) in [7, 11) is 0. The van der Waals surface area contributed by atoms with E-state index in [0.717, 1.165) is 19.5 Å². The van der Waals surface area contributed by atoms with Gasteiger partial charge in [-0.1, -0.05) is 4.32 Å². The molecule has 0 amide bonds. The summed E-state index contributed by atoms with van der Waals surface area (Å²) in [5, 5.41) is 2.92. The molecule has 0 aliphatic rings. The van der Waals surface area contributed by atoms with Crippen LogP contribution in [0.3, 0.4) is 0 Å². The number of thiocarbonyl (C=S) groups is 1. The second kappa shape index (κ2) is 8.28. The van der Waals surface area contributed by atoms with Crippen LogP contribution in [-0.4, -0.2) is 20.4 Å². The van der Waals surface area contributed by atoms with Crippen LogP contribution in [0.4, 0.5) is 0 Å². The Kier molecular flexibility index (Phi) is 8.89. The second-order valence-corrected chi connectivity index (χ2v) is 3.44. The van der Waals surface area contributed by atoms with Crippen molar-refractivity contribution in [3.05, 3.63) is 18.7 Å². The van der Waals surface area contributed by atoms with E-state index in [-0.39, 0.29) is 51.4 Å². The second-order valence-electron chi connectivity index (χ2n) is 2.37. The molecule has 1 rings (SSSR count). The van der Waals surface area contributed by atoms with Crippen LogP contribution in [0.25, 0.3) is 0 Å². The SMILES string of the molecule is S=C([S-])NCCCn1ccnc1.[K+].